The zero-order valence-corrected chi connectivity index (χ0v) is 57.5. The van der Waals surface area contributed by atoms with E-state index in [9.17, 15) is 0 Å². The summed E-state index contributed by atoms with van der Waals surface area (Å²) in [6.45, 7) is 56.7. The number of aryl methyl sites for hydroxylation is 15. The zero-order chi connectivity index (χ0) is 64.7. The molecule has 0 aliphatic rings. The standard InChI is InChI=1S/3C10H15N.C9H13N.3C8H11N.C7H9N.C6H7N/c1-8-5-6-9(11-7-8)10(2,3)4;1-8-6-5-7-11-9(8)10(2,3)4;1-8-6-5-7-9(11-8)10(2,3)4;1-7(2)9-8(3)5-4-6-10-9;1-6-4-7(2)9-8(3)5-6;1-6-4-5-9-8(3)7(6)2;1-6-4-5-7(2)9-8(6)3;1-6-4-3-5-8-7(6)2;1-6-4-2-3-5-7-6/h3*5-7H,1-4H3;4-7H,1-3H3;3*4-5H,1-3H3;3-5H,1-2H3;2-5H,1H3. The number of aromatic nitrogens is 9. The first-order valence-electron chi connectivity index (χ1n) is 29.7. The van der Waals surface area contributed by atoms with Crippen molar-refractivity contribution in [3.8, 4) is 0 Å². The van der Waals surface area contributed by atoms with Crippen molar-refractivity contribution < 1.29 is 0 Å². The minimum absolute atomic E-state index is 0.172. The summed E-state index contributed by atoms with van der Waals surface area (Å²) >= 11 is 0. The van der Waals surface area contributed by atoms with Gasteiger partial charge >= 0.3 is 0 Å². The molecule has 0 aliphatic heterocycles. The van der Waals surface area contributed by atoms with E-state index in [0.717, 1.165) is 56.9 Å². The van der Waals surface area contributed by atoms with Crippen LogP contribution in [0.3, 0.4) is 0 Å². The Morgan fingerprint density at radius 1 is 0.306 bits per heavy atom. The van der Waals surface area contributed by atoms with Crippen molar-refractivity contribution >= 4 is 0 Å². The summed E-state index contributed by atoms with van der Waals surface area (Å²) in [5.74, 6) is 0.543. The Balaban J connectivity index is 0.000000479. The summed E-state index contributed by atoms with van der Waals surface area (Å²) in [6, 6.07) is 38.7. The minimum Gasteiger partial charge on any atom is -0.262 e. The SMILES string of the molecule is Cc1cc(C)nc(C)c1.Cc1ccc(C(C)(C)C)nc1.Cc1ccc(C)c(C)n1.Cc1cccc(C(C)(C)C)n1.Cc1ccccn1.Cc1cccnc1C.Cc1cccnc1C(C)(C)C.Cc1cccnc1C(C)C.Cc1ccnc(C)c1C. The second-order valence-corrected chi connectivity index (χ2v) is 25.2. The molecule has 0 saturated carbocycles. The molecular formula is C76H107N9. The Kier molecular flexibility index (Phi) is 33.4. The predicted molar refractivity (Wildman–Crippen MR) is 364 cm³/mol. The fraction of sp³-hybridized carbons (Fsp3) is 0.408. The highest BCUT2D eigenvalue weighted by Crippen LogP contribution is 2.23. The monoisotopic (exact) mass is 1150 g/mol. The fourth-order valence-electron chi connectivity index (χ4n) is 7.83. The third kappa shape index (κ3) is 32.3. The molecule has 0 spiro atoms. The van der Waals surface area contributed by atoms with Gasteiger partial charge in [-0.05, 0) is 234 Å². The van der Waals surface area contributed by atoms with Gasteiger partial charge in [-0.2, -0.15) is 0 Å². The van der Waals surface area contributed by atoms with Crippen molar-refractivity contribution in [3.63, 3.8) is 0 Å². The maximum Gasteiger partial charge on any atom is 0.0486 e. The average Bonchev–Trinajstić information content (AvgIpc) is 3.53. The highest BCUT2D eigenvalue weighted by molar-refractivity contribution is 5.27. The van der Waals surface area contributed by atoms with Crippen LogP contribution in [0, 0.1) is 111 Å². The van der Waals surface area contributed by atoms with Gasteiger partial charge in [-0.25, -0.2) is 0 Å². The van der Waals surface area contributed by atoms with E-state index in [0.29, 0.717) is 5.92 Å². The Labute approximate surface area is 516 Å². The number of hydrogen-bond donors (Lipinski definition) is 0. The molecule has 0 aromatic carbocycles. The van der Waals surface area contributed by atoms with Crippen LogP contribution in [0.4, 0.5) is 0 Å². The lowest BCUT2D eigenvalue weighted by Gasteiger charge is -2.19. The quantitative estimate of drug-likeness (QED) is 0.158. The van der Waals surface area contributed by atoms with Gasteiger partial charge in [-0.1, -0.05) is 119 Å². The van der Waals surface area contributed by atoms with Gasteiger partial charge in [0.25, 0.3) is 0 Å². The molecule has 0 amide bonds. The van der Waals surface area contributed by atoms with Crippen molar-refractivity contribution in [1.29, 1.82) is 0 Å². The van der Waals surface area contributed by atoms with Crippen LogP contribution >= 0.6 is 0 Å². The molecular weight excluding hydrogens is 1040 g/mol. The Hall–Kier alpha value is -7.65. The summed E-state index contributed by atoms with van der Waals surface area (Å²) in [7, 11) is 0. The second kappa shape index (κ2) is 37.6. The molecule has 9 aromatic heterocycles. The number of pyridine rings is 9. The van der Waals surface area contributed by atoms with E-state index in [4.69, 9.17) is 0 Å². The van der Waals surface area contributed by atoms with Gasteiger partial charge in [0.15, 0.2) is 0 Å². The molecule has 0 N–H and O–H groups in total. The summed E-state index contributed by atoms with van der Waals surface area (Å²) in [5.41, 5.74) is 24.3. The first-order valence-corrected chi connectivity index (χ1v) is 29.7. The second-order valence-electron chi connectivity index (χ2n) is 25.2. The van der Waals surface area contributed by atoms with E-state index in [1.54, 1.807) is 6.20 Å². The molecule has 0 bridgehead atoms. The molecule has 0 atom stereocenters. The van der Waals surface area contributed by atoms with Gasteiger partial charge < -0.3 is 0 Å². The van der Waals surface area contributed by atoms with Crippen LogP contribution in [0.1, 0.15) is 195 Å². The van der Waals surface area contributed by atoms with Gasteiger partial charge in [0.2, 0.25) is 0 Å². The first kappa shape index (κ1) is 75.4. The third-order valence-electron chi connectivity index (χ3n) is 13.2. The number of hydrogen-bond acceptors (Lipinski definition) is 9. The van der Waals surface area contributed by atoms with Crippen LogP contribution in [-0.4, -0.2) is 44.9 Å². The molecule has 456 valence electrons. The molecule has 9 nitrogen and oxygen atoms in total. The maximum atomic E-state index is 4.44. The normalized spacial score (nSPS) is 10.4. The van der Waals surface area contributed by atoms with Crippen LogP contribution < -0.4 is 0 Å². The Morgan fingerprint density at radius 3 is 1.18 bits per heavy atom. The molecule has 0 radical (unpaired) electrons. The lowest BCUT2D eigenvalue weighted by atomic mass is 9.89. The molecule has 9 heterocycles. The molecule has 9 aromatic rings. The van der Waals surface area contributed by atoms with Crippen molar-refractivity contribution in [1.82, 2.24) is 44.9 Å². The van der Waals surface area contributed by atoms with Crippen molar-refractivity contribution in [2.24, 2.45) is 0 Å². The molecule has 9 rings (SSSR count). The van der Waals surface area contributed by atoms with Gasteiger partial charge in [0, 0.05) is 122 Å². The summed E-state index contributed by atoms with van der Waals surface area (Å²) in [4.78, 5) is 38.1. The smallest absolute Gasteiger partial charge is 0.0486 e. The van der Waals surface area contributed by atoms with Crippen LogP contribution in [0.5, 0.6) is 0 Å². The minimum atomic E-state index is 0.172. The summed E-state index contributed by atoms with van der Waals surface area (Å²) < 4.78 is 0. The number of rotatable bonds is 1. The lowest BCUT2D eigenvalue weighted by Crippen LogP contribution is -2.14. The van der Waals surface area contributed by atoms with Gasteiger partial charge in [-0.15, -0.1) is 0 Å². The van der Waals surface area contributed by atoms with Crippen LogP contribution in [0.2, 0.25) is 0 Å². The highest BCUT2D eigenvalue weighted by Gasteiger charge is 2.17. The van der Waals surface area contributed by atoms with Crippen LogP contribution in [0.15, 0.2) is 152 Å². The Bertz CT molecular complexity index is 3210. The van der Waals surface area contributed by atoms with Crippen LogP contribution in [0.25, 0.3) is 0 Å². The van der Waals surface area contributed by atoms with E-state index in [-0.39, 0.29) is 16.2 Å². The number of nitrogens with zero attached hydrogens (tertiary/aromatic N) is 9. The highest BCUT2D eigenvalue weighted by atomic mass is 14.7. The van der Waals surface area contributed by atoms with Gasteiger partial charge in [0.05, 0.1) is 0 Å². The molecule has 0 fully saturated rings. The van der Waals surface area contributed by atoms with Crippen molar-refractivity contribution in [2.45, 2.75) is 209 Å². The van der Waals surface area contributed by atoms with Gasteiger partial charge in [0.1, 0.15) is 0 Å². The first-order chi connectivity index (χ1) is 39.5. The van der Waals surface area contributed by atoms with E-state index in [2.05, 4.69) is 237 Å². The largest absolute Gasteiger partial charge is 0.262 e. The molecule has 85 heavy (non-hydrogen) atoms. The van der Waals surface area contributed by atoms with E-state index >= 15 is 0 Å². The maximum absolute atomic E-state index is 4.44. The molecule has 0 unspecified atom stereocenters. The van der Waals surface area contributed by atoms with E-state index in [1.165, 1.54) is 55.9 Å². The summed E-state index contributed by atoms with van der Waals surface area (Å²) in [5, 5.41) is 0. The third-order valence-corrected chi connectivity index (χ3v) is 13.2. The van der Waals surface area contributed by atoms with E-state index in [1.807, 2.05) is 141 Å². The molecule has 9 heteroatoms. The van der Waals surface area contributed by atoms with Gasteiger partial charge in [-0.3, -0.25) is 44.9 Å². The van der Waals surface area contributed by atoms with Crippen LogP contribution in [-0.2, 0) is 16.2 Å². The zero-order valence-electron chi connectivity index (χ0n) is 57.5. The average molecular weight is 1150 g/mol. The molecule has 0 saturated heterocycles. The Morgan fingerprint density at radius 2 is 0.824 bits per heavy atom. The molecule has 0 aliphatic carbocycles. The van der Waals surface area contributed by atoms with E-state index < -0.39 is 0 Å². The van der Waals surface area contributed by atoms with Crippen molar-refractivity contribution in [3.05, 3.63) is 265 Å². The van der Waals surface area contributed by atoms with Crippen molar-refractivity contribution in [2.75, 3.05) is 0 Å². The topological polar surface area (TPSA) is 116 Å². The lowest BCUT2D eigenvalue weighted by molar-refractivity contribution is 0.564. The predicted octanol–water partition coefficient (Wildman–Crippen LogP) is 19.7. The summed E-state index contributed by atoms with van der Waals surface area (Å²) in [6.07, 6.45) is 11.1. The fourth-order valence-corrected chi connectivity index (χ4v) is 7.83.